The summed E-state index contributed by atoms with van der Waals surface area (Å²) in [5.74, 6) is -0.0255. The molecule has 4 rings (SSSR count). The molecule has 2 aliphatic heterocycles. The molecule has 1 atom stereocenters. The topological polar surface area (TPSA) is 83.4 Å². The summed E-state index contributed by atoms with van der Waals surface area (Å²) < 4.78 is 5.24. The average molecular weight is 394 g/mol. The Morgan fingerprint density at radius 3 is 2.68 bits per heavy atom. The summed E-state index contributed by atoms with van der Waals surface area (Å²) in [4.78, 5) is 29.1. The highest BCUT2D eigenvalue weighted by Gasteiger charge is 2.34. The number of carbonyl (C=O) groups is 2. The third-order valence-electron chi connectivity index (χ3n) is 4.41. The number of ether oxygens (including phenoxy) is 1. The smallest absolute Gasteiger partial charge is 0.310 e. The number of benzene rings is 2. The van der Waals surface area contributed by atoms with Gasteiger partial charge < -0.3 is 4.74 Å². The highest BCUT2D eigenvalue weighted by atomic mass is 32.2. The van der Waals surface area contributed by atoms with Gasteiger partial charge in [-0.25, -0.2) is 5.01 Å². The molecule has 0 unspecified atom stereocenters. The van der Waals surface area contributed by atoms with Gasteiger partial charge in [0, 0.05) is 11.6 Å². The molecule has 0 saturated carbocycles. The third kappa shape index (κ3) is 3.27. The second kappa shape index (κ2) is 7.47. The maximum Gasteiger partial charge on any atom is 0.310 e. The predicted molar refractivity (Wildman–Crippen MR) is 107 cm³/mol. The fourth-order valence-electron chi connectivity index (χ4n) is 3.05. The molecule has 28 heavy (non-hydrogen) atoms. The van der Waals surface area contributed by atoms with E-state index in [-0.39, 0.29) is 11.9 Å². The van der Waals surface area contributed by atoms with Crippen LogP contribution in [0.1, 0.15) is 25.1 Å². The zero-order valence-corrected chi connectivity index (χ0v) is 16.2. The molecule has 2 aliphatic rings. The highest BCUT2D eigenvalue weighted by Crippen LogP contribution is 2.31. The molecule has 2 heterocycles. The number of thioether (sulfide) groups is 1. The first-order valence-corrected chi connectivity index (χ1v) is 10.0. The lowest BCUT2D eigenvalue weighted by Crippen LogP contribution is -2.50. The molecule has 0 radical (unpaired) electrons. The second-order valence-electron chi connectivity index (χ2n) is 6.17. The van der Waals surface area contributed by atoms with Crippen LogP contribution in [-0.2, 0) is 9.59 Å². The van der Waals surface area contributed by atoms with Gasteiger partial charge in [0.05, 0.1) is 5.36 Å². The minimum atomic E-state index is -0.492. The number of rotatable bonds is 3. The van der Waals surface area contributed by atoms with E-state index in [1.165, 1.54) is 11.8 Å². The first kappa shape index (κ1) is 18.2. The zero-order chi connectivity index (χ0) is 19.7. The maximum atomic E-state index is 12.8. The van der Waals surface area contributed by atoms with Crippen LogP contribution >= 0.6 is 11.8 Å². The Balaban J connectivity index is 1.80. The Morgan fingerprint density at radius 1 is 1.21 bits per heavy atom. The van der Waals surface area contributed by atoms with Crippen LogP contribution in [0.2, 0.25) is 0 Å². The van der Waals surface area contributed by atoms with Gasteiger partial charge in [-0.1, -0.05) is 49.0 Å². The molecule has 142 valence electrons. The number of hydrogen-bond acceptors (Lipinski definition) is 7. The number of nitrogens with zero attached hydrogens (tertiary/aromatic N) is 3. The molecular formula is C20H18N4O3S. The molecule has 0 bridgehead atoms. The van der Waals surface area contributed by atoms with Gasteiger partial charge in [0.2, 0.25) is 0 Å². The average Bonchev–Trinajstić information content (AvgIpc) is 2.73. The van der Waals surface area contributed by atoms with Crippen molar-refractivity contribution in [3.8, 4) is 5.75 Å². The Hall–Kier alpha value is -3.13. The van der Waals surface area contributed by atoms with Gasteiger partial charge in [-0.05, 0) is 30.0 Å². The summed E-state index contributed by atoms with van der Waals surface area (Å²) >= 11 is 1.36. The van der Waals surface area contributed by atoms with Crippen LogP contribution in [0.4, 0.5) is 0 Å². The minimum Gasteiger partial charge on any atom is -0.427 e. The van der Waals surface area contributed by atoms with Crippen molar-refractivity contribution in [2.45, 2.75) is 19.5 Å². The number of amides is 1. The van der Waals surface area contributed by atoms with Crippen molar-refractivity contribution in [2.24, 2.45) is 10.1 Å². The van der Waals surface area contributed by atoms with E-state index < -0.39 is 6.17 Å². The van der Waals surface area contributed by atoms with E-state index in [9.17, 15) is 9.59 Å². The van der Waals surface area contributed by atoms with Crippen LogP contribution < -0.4 is 20.6 Å². The van der Waals surface area contributed by atoms with Gasteiger partial charge in [0.1, 0.15) is 11.4 Å². The van der Waals surface area contributed by atoms with E-state index in [0.29, 0.717) is 23.0 Å². The normalized spacial score (nSPS) is 17.7. The van der Waals surface area contributed by atoms with Gasteiger partial charge in [0.25, 0.3) is 5.91 Å². The molecule has 0 aromatic heterocycles. The number of carbonyl (C=O) groups excluding carboxylic acids is 2. The molecule has 0 fully saturated rings. The standard InChI is InChI=1S/C20H18N4O3S/c1-3-16(25)27-13-10-8-12(9-11-13)18-21-15-7-5-4-6-14(15)17-19(26)22-20(28-2)23-24(17)18/h4-11,18H,3H2,1-2H3,(H,22,23,26)/t18-/m0/s1. The van der Waals surface area contributed by atoms with E-state index >= 15 is 0 Å². The summed E-state index contributed by atoms with van der Waals surface area (Å²) in [7, 11) is 0. The summed E-state index contributed by atoms with van der Waals surface area (Å²) in [5.41, 5.74) is 1.30. The lowest BCUT2D eigenvalue weighted by molar-refractivity contribution is -0.134. The van der Waals surface area contributed by atoms with Gasteiger partial charge in [-0.2, -0.15) is 0 Å². The zero-order valence-electron chi connectivity index (χ0n) is 15.4. The van der Waals surface area contributed by atoms with Crippen molar-refractivity contribution in [3.63, 3.8) is 0 Å². The van der Waals surface area contributed by atoms with Gasteiger partial charge >= 0.3 is 5.97 Å². The quantitative estimate of drug-likeness (QED) is 0.630. The summed E-state index contributed by atoms with van der Waals surface area (Å²) in [6.45, 7) is 1.75. The maximum absolute atomic E-state index is 12.8. The fourth-order valence-corrected chi connectivity index (χ4v) is 3.41. The number of hydrazone groups is 1. The molecule has 7 nitrogen and oxygen atoms in total. The van der Waals surface area contributed by atoms with Crippen molar-refractivity contribution in [3.05, 3.63) is 64.7 Å². The molecule has 2 aromatic carbocycles. The lowest BCUT2D eigenvalue weighted by atomic mass is 10.1. The fraction of sp³-hybridized carbons (Fsp3) is 0.200. The summed E-state index contributed by atoms with van der Waals surface area (Å²) in [6, 6.07) is 14.6. The SMILES string of the molecule is CCC(=O)Oc1ccc([C@H]2N=c3ccccc3=C3C(=O)NC(SC)=NN32)cc1. The van der Waals surface area contributed by atoms with Crippen LogP contribution in [0.25, 0.3) is 5.70 Å². The number of hydrogen-bond donors (Lipinski definition) is 1. The van der Waals surface area contributed by atoms with Gasteiger partial charge in [-0.15, -0.1) is 5.10 Å². The number of nitrogens with one attached hydrogen (secondary N) is 1. The molecule has 1 amide bonds. The first-order valence-electron chi connectivity index (χ1n) is 8.81. The highest BCUT2D eigenvalue weighted by molar-refractivity contribution is 8.13. The molecule has 0 aliphatic carbocycles. The molecule has 2 aromatic rings. The van der Waals surface area contributed by atoms with Crippen molar-refractivity contribution in [1.82, 2.24) is 10.3 Å². The van der Waals surface area contributed by atoms with E-state index in [4.69, 9.17) is 9.73 Å². The van der Waals surface area contributed by atoms with Crippen LogP contribution in [0.3, 0.4) is 0 Å². The number of esters is 1. The number of para-hydroxylation sites is 1. The first-order chi connectivity index (χ1) is 13.6. The summed E-state index contributed by atoms with van der Waals surface area (Å²) in [6.07, 6.45) is 1.67. The molecule has 8 heteroatoms. The predicted octanol–water partition coefficient (Wildman–Crippen LogP) is 1.51. The van der Waals surface area contributed by atoms with Gasteiger partial charge in [0.15, 0.2) is 11.3 Å². The van der Waals surface area contributed by atoms with Crippen LogP contribution in [0.5, 0.6) is 5.75 Å². The Bertz CT molecular complexity index is 1100. The van der Waals surface area contributed by atoms with Crippen LogP contribution in [-0.4, -0.2) is 28.3 Å². The molecule has 1 N–H and O–H groups in total. The van der Waals surface area contributed by atoms with Crippen molar-refractivity contribution < 1.29 is 14.3 Å². The molecule has 0 saturated heterocycles. The largest absolute Gasteiger partial charge is 0.427 e. The Kier molecular flexibility index (Phi) is 4.87. The molecular weight excluding hydrogens is 376 g/mol. The van der Waals surface area contributed by atoms with E-state index in [0.717, 1.165) is 16.1 Å². The Morgan fingerprint density at radius 2 is 1.96 bits per heavy atom. The van der Waals surface area contributed by atoms with Gasteiger partial charge in [-0.3, -0.25) is 19.9 Å². The molecule has 0 spiro atoms. The third-order valence-corrected chi connectivity index (χ3v) is 4.98. The second-order valence-corrected chi connectivity index (χ2v) is 6.97. The van der Waals surface area contributed by atoms with Crippen molar-refractivity contribution in [2.75, 3.05) is 6.26 Å². The monoisotopic (exact) mass is 394 g/mol. The Labute approximate surface area is 165 Å². The van der Waals surface area contributed by atoms with Crippen molar-refractivity contribution in [1.29, 1.82) is 0 Å². The summed E-state index contributed by atoms with van der Waals surface area (Å²) in [5, 5.41) is 11.0. The van der Waals surface area contributed by atoms with Crippen LogP contribution in [0.15, 0.2) is 58.6 Å². The van der Waals surface area contributed by atoms with E-state index in [1.807, 2.05) is 42.7 Å². The number of amidine groups is 1. The van der Waals surface area contributed by atoms with Crippen LogP contribution in [0, 0.1) is 0 Å². The lowest BCUT2D eigenvalue weighted by Gasteiger charge is -2.33. The minimum absolute atomic E-state index is 0.208. The van der Waals surface area contributed by atoms with E-state index in [2.05, 4.69) is 10.4 Å². The number of fused-ring (bicyclic) bond motifs is 2. The van der Waals surface area contributed by atoms with E-state index in [1.54, 1.807) is 24.1 Å². The van der Waals surface area contributed by atoms with Crippen molar-refractivity contribution >= 4 is 34.5 Å².